The van der Waals surface area contributed by atoms with Gasteiger partial charge in [0.05, 0.1) is 18.4 Å². The molecular weight excluding hydrogens is 291 g/mol. The van der Waals surface area contributed by atoms with E-state index in [1.165, 1.54) is 4.90 Å². The van der Waals surface area contributed by atoms with Gasteiger partial charge in [-0.3, -0.25) is 0 Å². The summed E-state index contributed by atoms with van der Waals surface area (Å²) in [4.78, 5) is 19.2. The highest BCUT2D eigenvalue weighted by atomic mass is 19.4. The Bertz CT molecular complexity index is 549. The van der Waals surface area contributed by atoms with Crippen molar-refractivity contribution in [1.82, 2.24) is 14.9 Å². The molecule has 3 rings (SSSR count). The number of ether oxygens (including phenoxy) is 1. The van der Waals surface area contributed by atoms with Gasteiger partial charge in [0, 0.05) is 6.54 Å². The van der Waals surface area contributed by atoms with Crippen LogP contribution in [0.5, 0.6) is 5.88 Å². The first kappa shape index (κ1) is 13.9. The van der Waals surface area contributed by atoms with E-state index in [9.17, 15) is 18.0 Å². The number of fused-ring (bicyclic) bond motifs is 2. The molecule has 2 heterocycles. The summed E-state index contributed by atoms with van der Waals surface area (Å²) in [5.41, 5.74) is -1.09. The molecule has 1 aromatic heterocycles. The molecule has 1 saturated carbocycles. The molecule has 1 saturated heterocycles. The molecule has 3 atom stereocenters. The zero-order valence-corrected chi connectivity index (χ0v) is 10.7. The van der Waals surface area contributed by atoms with E-state index in [0.717, 1.165) is 6.20 Å². The largest absolute Gasteiger partial charge is 0.471 e. The van der Waals surface area contributed by atoms with Gasteiger partial charge in [-0.1, -0.05) is 0 Å². The summed E-state index contributed by atoms with van der Waals surface area (Å²) in [7, 11) is 0. The number of nitrogens with zero attached hydrogens (tertiary/aromatic N) is 3. The smallest absolute Gasteiger partial charge is 0.434 e. The Kier molecular flexibility index (Phi) is 3.14. The predicted molar refractivity (Wildman–Crippen MR) is 62.7 cm³/mol. The molecule has 1 amide bonds. The van der Waals surface area contributed by atoms with Crippen molar-refractivity contribution < 1.29 is 27.8 Å². The number of halogens is 3. The molecule has 2 bridgehead atoms. The summed E-state index contributed by atoms with van der Waals surface area (Å²) in [5, 5.41) is 9.06. The maximum absolute atomic E-state index is 12.4. The van der Waals surface area contributed by atoms with Crippen LogP contribution in [-0.4, -0.2) is 44.8 Å². The molecular formula is C12H12F3N3O3. The molecule has 1 aromatic rings. The summed E-state index contributed by atoms with van der Waals surface area (Å²) in [6.07, 6.45) is -3.02. The van der Waals surface area contributed by atoms with Crippen molar-refractivity contribution in [2.45, 2.75) is 31.2 Å². The van der Waals surface area contributed by atoms with Crippen molar-refractivity contribution in [3.63, 3.8) is 0 Å². The first-order chi connectivity index (χ1) is 9.84. The lowest BCUT2D eigenvalue weighted by atomic mass is 10.1. The van der Waals surface area contributed by atoms with Gasteiger partial charge in [-0.05, 0) is 18.8 Å². The third kappa shape index (κ3) is 2.59. The van der Waals surface area contributed by atoms with E-state index < -0.39 is 18.0 Å². The van der Waals surface area contributed by atoms with Crippen LogP contribution in [-0.2, 0) is 6.18 Å². The van der Waals surface area contributed by atoms with Gasteiger partial charge >= 0.3 is 12.3 Å². The second kappa shape index (κ2) is 4.74. The number of carbonyl (C=O) groups is 1. The Balaban J connectivity index is 1.69. The lowest BCUT2D eigenvalue weighted by molar-refractivity contribution is -0.141. The first-order valence-electron chi connectivity index (χ1n) is 6.40. The number of alkyl halides is 3. The van der Waals surface area contributed by atoms with E-state index in [1.807, 2.05) is 0 Å². The zero-order valence-electron chi connectivity index (χ0n) is 10.7. The maximum atomic E-state index is 12.4. The molecule has 0 aromatic carbocycles. The van der Waals surface area contributed by atoms with Gasteiger partial charge in [-0.15, -0.1) is 0 Å². The third-order valence-corrected chi connectivity index (χ3v) is 3.86. The van der Waals surface area contributed by atoms with Gasteiger partial charge < -0.3 is 14.7 Å². The van der Waals surface area contributed by atoms with E-state index in [-0.39, 0.29) is 23.9 Å². The van der Waals surface area contributed by atoms with Crippen molar-refractivity contribution in [3.05, 3.63) is 18.1 Å². The Labute approximate surface area is 117 Å². The maximum Gasteiger partial charge on any atom is 0.434 e. The number of aromatic nitrogens is 2. The number of piperidine rings is 1. The van der Waals surface area contributed by atoms with Crippen molar-refractivity contribution >= 4 is 6.09 Å². The van der Waals surface area contributed by atoms with E-state index in [0.29, 0.717) is 25.6 Å². The third-order valence-electron chi connectivity index (χ3n) is 3.86. The van der Waals surface area contributed by atoms with Crippen molar-refractivity contribution in [2.75, 3.05) is 6.54 Å². The van der Waals surface area contributed by atoms with E-state index >= 15 is 0 Å². The van der Waals surface area contributed by atoms with Crippen LogP contribution in [0, 0.1) is 5.92 Å². The van der Waals surface area contributed by atoms with Crippen molar-refractivity contribution in [2.24, 2.45) is 5.92 Å². The standard InChI is InChI=1S/C12H12F3N3O3/c13-12(14,15)9-3-17-10(4-16-9)21-8-2-6-1-7(8)18(5-6)11(19)20/h3-4,6-8H,1-2,5H2,(H,19,20). The molecule has 21 heavy (non-hydrogen) atoms. The number of amides is 1. The average Bonchev–Trinajstić information content (AvgIpc) is 2.98. The van der Waals surface area contributed by atoms with Gasteiger partial charge in [0.2, 0.25) is 5.88 Å². The summed E-state index contributed by atoms with van der Waals surface area (Å²) in [6, 6.07) is -0.267. The Hall–Kier alpha value is -2.06. The molecule has 114 valence electrons. The zero-order chi connectivity index (χ0) is 15.2. The quantitative estimate of drug-likeness (QED) is 0.904. The molecule has 3 unspecified atom stereocenters. The van der Waals surface area contributed by atoms with Crippen LogP contribution in [0.2, 0.25) is 0 Å². The molecule has 9 heteroatoms. The molecule has 2 fully saturated rings. The van der Waals surface area contributed by atoms with Crippen LogP contribution >= 0.6 is 0 Å². The SMILES string of the molecule is O=C(O)N1CC2CC(Oc3cnc(C(F)(F)F)cn3)C1C2. The number of likely N-dealkylation sites (tertiary alicyclic amines) is 1. The number of rotatable bonds is 2. The van der Waals surface area contributed by atoms with Crippen LogP contribution in [0.25, 0.3) is 0 Å². The fourth-order valence-electron chi connectivity index (χ4n) is 2.99. The van der Waals surface area contributed by atoms with Gasteiger partial charge in [0.15, 0.2) is 5.69 Å². The average molecular weight is 303 g/mol. The lowest BCUT2D eigenvalue weighted by Gasteiger charge is -2.30. The molecule has 1 N–H and O–H groups in total. The van der Waals surface area contributed by atoms with Crippen LogP contribution in [0.3, 0.4) is 0 Å². The lowest BCUT2D eigenvalue weighted by Crippen LogP contribution is -2.46. The van der Waals surface area contributed by atoms with Crippen molar-refractivity contribution in [1.29, 1.82) is 0 Å². The summed E-state index contributed by atoms with van der Waals surface area (Å²) in [5.74, 6) is 0.212. The summed E-state index contributed by atoms with van der Waals surface area (Å²) < 4.78 is 42.6. The first-order valence-corrected chi connectivity index (χ1v) is 6.40. The molecule has 1 aliphatic carbocycles. The fraction of sp³-hybridized carbons (Fsp3) is 0.583. The molecule has 2 aliphatic rings. The highest BCUT2D eigenvalue weighted by Crippen LogP contribution is 2.39. The van der Waals surface area contributed by atoms with Gasteiger partial charge in [-0.2, -0.15) is 13.2 Å². The number of carboxylic acid groups (broad SMARTS) is 1. The van der Waals surface area contributed by atoms with Crippen LogP contribution in [0.1, 0.15) is 18.5 Å². The Morgan fingerprint density at radius 1 is 1.33 bits per heavy atom. The highest BCUT2D eigenvalue weighted by Gasteiger charge is 2.48. The number of hydrogen-bond donors (Lipinski definition) is 1. The topological polar surface area (TPSA) is 75.5 Å². The van der Waals surface area contributed by atoms with Crippen molar-refractivity contribution in [3.8, 4) is 5.88 Å². The molecule has 0 radical (unpaired) electrons. The minimum Gasteiger partial charge on any atom is -0.471 e. The minimum atomic E-state index is -4.54. The van der Waals surface area contributed by atoms with E-state index in [4.69, 9.17) is 9.84 Å². The van der Waals surface area contributed by atoms with Crippen LogP contribution in [0.15, 0.2) is 12.4 Å². The summed E-state index contributed by atoms with van der Waals surface area (Å²) >= 11 is 0. The normalized spacial score (nSPS) is 28.0. The predicted octanol–water partition coefficient (Wildman–Crippen LogP) is 2.01. The minimum absolute atomic E-state index is 0.0223. The fourth-order valence-corrected chi connectivity index (χ4v) is 2.99. The monoisotopic (exact) mass is 303 g/mol. The van der Waals surface area contributed by atoms with E-state index in [1.54, 1.807) is 0 Å². The molecule has 6 nitrogen and oxygen atoms in total. The molecule has 1 aliphatic heterocycles. The summed E-state index contributed by atoms with van der Waals surface area (Å²) in [6.45, 7) is 0.485. The van der Waals surface area contributed by atoms with Gasteiger partial charge in [-0.25, -0.2) is 14.8 Å². The van der Waals surface area contributed by atoms with Gasteiger partial charge in [0.1, 0.15) is 6.10 Å². The van der Waals surface area contributed by atoms with Crippen LogP contribution in [0.4, 0.5) is 18.0 Å². The van der Waals surface area contributed by atoms with Gasteiger partial charge in [0.25, 0.3) is 0 Å². The van der Waals surface area contributed by atoms with Crippen LogP contribution < -0.4 is 4.74 Å². The highest BCUT2D eigenvalue weighted by molar-refractivity contribution is 5.66. The number of hydrogen-bond acceptors (Lipinski definition) is 4. The second-order valence-electron chi connectivity index (χ2n) is 5.23. The Morgan fingerprint density at radius 2 is 2.10 bits per heavy atom. The second-order valence-corrected chi connectivity index (χ2v) is 5.23. The Morgan fingerprint density at radius 3 is 2.62 bits per heavy atom. The molecule has 0 spiro atoms. The van der Waals surface area contributed by atoms with E-state index in [2.05, 4.69) is 9.97 Å².